The number of hydrogen-bond acceptors (Lipinski definition) is 4. The topological polar surface area (TPSA) is 76.1 Å². The number of ether oxygens (including phenoxy) is 1. The van der Waals surface area contributed by atoms with Gasteiger partial charge in [-0.05, 0) is 22.3 Å². The van der Waals surface area contributed by atoms with Crippen LogP contribution in [-0.4, -0.2) is 5.78 Å². The standard InChI is InChI=1S/C21H18N2O2/c1-12-9-17(24)20-18(10-12)25-21(23)16(11-22)19(20)15-8-4-6-13-5-2-3-7-14(13)15/h2-8,12,19H,9-10,23H2,1H3/t12-,19-/m0/s1. The second kappa shape index (κ2) is 5.78. The average Bonchev–Trinajstić information content (AvgIpc) is 2.60. The highest BCUT2D eigenvalue weighted by atomic mass is 16.5. The van der Waals surface area contributed by atoms with Crippen molar-refractivity contribution in [2.24, 2.45) is 11.7 Å². The Morgan fingerprint density at radius 3 is 2.72 bits per heavy atom. The van der Waals surface area contributed by atoms with Gasteiger partial charge in [-0.2, -0.15) is 5.26 Å². The number of carbonyl (C=O) groups is 1. The highest BCUT2D eigenvalue weighted by Crippen LogP contribution is 2.45. The fourth-order valence-electron chi connectivity index (χ4n) is 3.91. The van der Waals surface area contributed by atoms with E-state index >= 15 is 0 Å². The molecule has 4 rings (SSSR count). The molecule has 124 valence electrons. The van der Waals surface area contributed by atoms with Crippen molar-refractivity contribution in [2.45, 2.75) is 25.7 Å². The molecule has 4 heteroatoms. The Morgan fingerprint density at radius 2 is 1.92 bits per heavy atom. The predicted molar refractivity (Wildman–Crippen MR) is 95.0 cm³/mol. The lowest BCUT2D eigenvalue weighted by atomic mass is 9.74. The molecule has 1 aliphatic carbocycles. The lowest BCUT2D eigenvalue weighted by Crippen LogP contribution is -2.29. The van der Waals surface area contributed by atoms with Gasteiger partial charge in [-0.15, -0.1) is 0 Å². The normalized spacial score (nSPS) is 23.3. The Labute approximate surface area is 146 Å². The van der Waals surface area contributed by atoms with Crippen LogP contribution in [0.25, 0.3) is 10.8 Å². The number of benzene rings is 2. The van der Waals surface area contributed by atoms with Crippen LogP contribution < -0.4 is 5.73 Å². The third-order valence-electron chi connectivity index (χ3n) is 5.00. The van der Waals surface area contributed by atoms with E-state index in [1.807, 2.05) is 49.4 Å². The van der Waals surface area contributed by atoms with Crippen molar-refractivity contribution in [3.63, 3.8) is 0 Å². The Hall–Kier alpha value is -3.06. The molecule has 2 N–H and O–H groups in total. The minimum atomic E-state index is -0.458. The minimum absolute atomic E-state index is 0.0481. The van der Waals surface area contributed by atoms with Gasteiger partial charge in [0.15, 0.2) is 5.78 Å². The number of nitrogens with two attached hydrogens (primary N) is 1. The number of carbonyl (C=O) groups excluding carboxylic acids is 1. The Morgan fingerprint density at radius 1 is 1.16 bits per heavy atom. The molecule has 2 aliphatic rings. The van der Waals surface area contributed by atoms with Gasteiger partial charge in [0.2, 0.25) is 5.88 Å². The number of allylic oxidation sites excluding steroid dienone is 3. The van der Waals surface area contributed by atoms with Gasteiger partial charge in [-0.1, -0.05) is 49.4 Å². The number of hydrogen-bond donors (Lipinski definition) is 1. The summed E-state index contributed by atoms with van der Waals surface area (Å²) in [5.41, 5.74) is 7.89. The molecule has 4 nitrogen and oxygen atoms in total. The van der Waals surface area contributed by atoms with E-state index in [-0.39, 0.29) is 17.6 Å². The highest BCUT2D eigenvalue weighted by molar-refractivity contribution is 6.01. The molecule has 25 heavy (non-hydrogen) atoms. The van der Waals surface area contributed by atoms with E-state index < -0.39 is 5.92 Å². The first-order valence-electron chi connectivity index (χ1n) is 8.41. The van der Waals surface area contributed by atoms with Crippen molar-refractivity contribution in [3.8, 4) is 6.07 Å². The number of Topliss-reactive ketones (excluding diaryl/α,β-unsaturated/α-hetero) is 1. The number of nitrogens with zero attached hydrogens (tertiary/aromatic N) is 1. The largest absolute Gasteiger partial charge is 0.444 e. The molecule has 2 atom stereocenters. The van der Waals surface area contributed by atoms with Gasteiger partial charge in [-0.3, -0.25) is 4.79 Å². The second-order valence-corrected chi connectivity index (χ2v) is 6.77. The summed E-state index contributed by atoms with van der Waals surface area (Å²) >= 11 is 0. The molecule has 0 unspecified atom stereocenters. The van der Waals surface area contributed by atoms with Gasteiger partial charge in [-0.25, -0.2) is 0 Å². The van der Waals surface area contributed by atoms with Crippen molar-refractivity contribution in [3.05, 3.63) is 70.8 Å². The maximum Gasteiger partial charge on any atom is 0.205 e. The summed E-state index contributed by atoms with van der Waals surface area (Å²) in [7, 11) is 0. The lowest BCUT2D eigenvalue weighted by Gasteiger charge is -2.33. The van der Waals surface area contributed by atoms with Crippen LogP contribution in [0.15, 0.2) is 65.3 Å². The van der Waals surface area contributed by atoms with Gasteiger partial charge in [0.25, 0.3) is 0 Å². The van der Waals surface area contributed by atoms with Crippen LogP contribution in [0.3, 0.4) is 0 Å². The SMILES string of the molecule is C[C@H]1CC(=O)C2=C(C1)OC(N)=C(C#N)[C@@H]2c1cccc2ccccc12. The molecule has 0 radical (unpaired) electrons. The summed E-state index contributed by atoms with van der Waals surface area (Å²) in [6, 6.07) is 16.1. The van der Waals surface area contributed by atoms with E-state index in [1.54, 1.807) is 0 Å². The van der Waals surface area contributed by atoms with Gasteiger partial charge in [0.1, 0.15) is 17.4 Å². The van der Waals surface area contributed by atoms with Gasteiger partial charge in [0, 0.05) is 18.4 Å². The highest BCUT2D eigenvalue weighted by Gasteiger charge is 2.40. The molecule has 0 amide bonds. The zero-order chi connectivity index (χ0) is 17.6. The van der Waals surface area contributed by atoms with Crippen LogP contribution in [0.2, 0.25) is 0 Å². The van der Waals surface area contributed by atoms with E-state index in [4.69, 9.17) is 10.5 Å². The molecule has 0 saturated heterocycles. The number of rotatable bonds is 1. The maximum absolute atomic E-state index is 12.8. The van der Waals surface area contributed by atoms with Crippen molar-refractivity contribution in [1.29, 1.82) is 5.26 Å². The van der Waals surface area contributed by atoms with Crippen LogP contribution in [-0.2, 0) is 9.53 Å². The van der Waals surface area contributed by atoms with Crippen molar-refractivity contribution >= 4 is 16.6 Å². The fraction of sp³-hybridized carbons (Fsp3) is 0.238. The fourth-order valence-corrected chi connectivity index (χ4v) is 3.91. The predicted octanol–water partition coefficient (Wildman–Crippen LogP) is 3.90. The van der Waals surface area contributed by atoms with E-state index in [1.165, 1.54) is 0 Å². The van der Waals surface area contributed by atoms with E-state index in [9.17, 15) is 10.1 Å². The third-order valence-corrected chi connectivity index (χ3v) is 5.00. The van der Waals surface area contributed by atoms with E-state index in [2.05, 4.69) is 6.07 Å². The summed E-state index contributed by atoms with van der Waals surface area (Å²) in [6.45, 7) is 2.03. The zero-order valence-electron chi connectivity index (χ0n) is 14.0. The van der Waals surface area contributed by atoms with E-state index in [0.717, 1.165) is 16.3 Å². The second-order valence-electron chi connectivity index (χ2n) is 6.77. The van der Waals surface area contributed by atoms with Crippen LogP contribution >= 0.6 is 0 Å². The maximum atomic E-state index is 12.8. The smallest absolute Gasteiger partial charge is 0.205 e. The molecule has 2 aromatic rings. The van der Waals surface area contributed by atoms with Crippen LogP contribution in [0.1, 0.15) is 31.2 Å². The third kappa shape index (κ3) is 2.40. The first-order chi connectivity index (χ1) is 12.1. The van der Waals surface area contributed by atoms with Gasteiger partial charge >= 0.3 is 0 Å². The van der Waals surface area contributed by atoms with Crippen molar-refractivity contribution in [2.75, 3.05) is 0 Å². The monoisotopic (exact) mass is 330 g/mol. The summed E-state index contributed by atoms with van der Waals surface area (Å²) in [5.74, 6) is 0.543. The molecule has 0 fully saturated rings. The molecular formula is C21H18N2O2. The molecule has 1 aliphatic heterocycles. The van der Waals surface area contributed by atoms with Crippen LogP contribution in [0, 0.1) is 17.2 Å². The number of ketones is 1. The summed E-state index contributed by atoms with van der Waals surface area (Å²) in [6.07, 6.45) is 1.14. The van der Waals surface area contributed by atoms with Gasteiger partial charge < -0.3 is 10.5 Å². The molecule has 0 aromatic heterocycles. The van der Waals surface area contributed by atoms with Gasteiger partial charge in [0.05, 0.1) is 5.92 Å². The zero-order valence-corrected chi connectivity index (χ0v) is 14.0. The summed E-state index contributed by atoms with van der Waals surface area (Å²) < 4.78 is 5.69. The Kier molecular flexibility index (Phi) is 3.58. The average molecular weight is 330 g/mol. The molecule has 0 saturated carbocycles. The number of fused-ring (bicyclic) bond motifs is 1. The van der Waals surface area contributed by atoms with Crippen LogP contribution in [0.4, 0.5) is 0 Å². The first kappa shape index (κ1) is 15.5. The molecule has 1 heterocycles. The Bertz CT molecular complexity index is 989. The minimum Gasteiger partial charge on any atom is -0.444 e. The van der Waals surface area contributed by atoms with Crippen molar-refractivity contribution in [1.82, 2.24) is 0 Å². The Balaban J connectivity index is 2.00. The van der Waals surface area contributed by atoms with Crippen LogP contribution in [0.5, 0.6) is 0 Å². The van der Waals surface area contributed by atoms with Crippen molar-refractivity contribution < 1.29 is 9.53 Å². The molecule has 0 spiro atoms. The molecule has 0 bridgehead atoms. The quantitative estimate of drug-likeness (QED) is 0.860. The first-order valence-corrected chi connectivity index (χ1v) is 8.41. The molecular weight excluding hydrogens is 312 g/mol. The van der Waals surface area contributed by atoms with E-state index in [0.29, 0.717) is 29.7 Å². The lowest BCUT2D eigenvalue weighted by molar-refractivity contribution is -0.117. The summed E-state index contributed by atoms with van der Waals surface area (Å²) in [4.78, 5) is 12.8. The summed E-state index contributed by atoms with van der Waals surface area (Å²) in [5, 5.41) is 11.8. The molecule has 2 aromatic carbocycles. The number of nitriles is 1.